The van der Waals surface area contributed by atoms with Gasteiger partial charge in [-0.05, 0) is 29.8 Å². The van der Waals surface area contributed by atoms with Gasteiger partial charge in [0.05, 0.1) is 35.8 Å². The quantitative estimate of drug-likeness (QED) is 0.237. The summed E-state index contributed by atoms with van der Waals surface area (Å²) in [6.07, 6.45) is 1.65. The number of morpholine rings is 1. The first-order valence-electron chi connectivity index (χ1n) is 10.6. The van der Waals surface area contributed by atoms with Crippen molar-refractivity contribution in [3.63, 3.8) is 0 Å². The van der Waals surface area contributed by atoms with Crippen LogP contribution < -0.4 is 14.4 Å². The van der Waals surface area contributed by atoms with Crippen LogP contribution in [-0.2, 0) is 14.3 Å². The van der Waals surface area contributed by atoms with E-state index >= 15 is 0 Å². The van der Waals surface area contributed by atoms with Crippen molar-refractivity contribution in [2.45, 2.75) is 0 Å². The Bertz CT molecular complexity index is 1210. The van der Waals surface area contributed by atoms with Gasteiger partial charge in [-0.1, -0.05) is 36.1 Å². The van der Waals surface area contributed by atoms with E-state index < -0.39 is 4.92 Å². The molecule has 2 aliphatic rings. The predicted molar refractivity (Wildman–Crippen MR) is 135 cm³/mol. The molecule has 0 unspecified atom stereocenters. The second kappa shape index (κ2) is 10.8. The van der Waals surface area contributed by atoms with Crippen LogP contribution in [0.25, 0.3) is 6.08 Å². The summed E-state index contributed by atoms with van der Waals surface area (Å²) in [6.45, 7) is 1.96. The molecular formula is C23H21N3O7S2. The molecule has 4 rings (SSSR count). The lowest BCUT2D eigenvalue weighted by molar-refractivity contribution is -0.384. The van der Waals surface area contributed by atoms with Crippen LogP contribution in [0.15, 0.2) is 47.4 Å². The zero-order chi connectivity index (χ0) is 24.9. The van der Waals surface area contributed by atoms with Crippen molar-refractivity contribution in [2.24, 2.45) is 0 Å². The number of hydrogen-bond acceptors (Lipinski definition) is 9. The van der Waals surface area contributed by atoms with Gasteiger partial charge in [0.15, 0.2) is 22.4 Å². The summed E-state index contributed by atoms with van der Waals surface area (Å²) in [6, 6.07) is 10.8. The predicted octanol–water partition coefficient (Wildman–Crippen LogP) is 3.25. The number of methoxy groups -OCH3 is 1. The average Bonchev–Trinajstić information content (AvgIpc) is 3.15. The zero-order valence-corrected chi connectivity index (χ0v) is 20.3. The van der Waals surface area contributed by atoms with E-state index in [2.05, 4.69) is 0 Å². The van der Waals surface area contributed by atoms with E-state index in [9.17, 15) is 19.7 Å². The van der Waals surface area contributed by atoms with Crippen molar-refractivity contribution in [3.8, 4) is 11.5 Å². The summed E-state index contributed by atoms with van der Waals surface area (Å²) in [7, 11) is 1.48. The van der Waals surface area contributed by atoms with E-state index in [0.717, 1.165) is 11.8 Å². The highest BCUT2D eigenvalue weighted by molar-refractivity contribution is 8.27. The van der Waals surface area contributed by atoms with E-state index in [4.69, 9.17) is 26.4 Å². The van der Waals surface area contributed by atoms with Crippen LogP contribution >= 0.6 is 24.0 Å². The molecule has 2 aliphatic heterocycles. The van der Waals surface area contributed by atoms with Crippen LogP contribution in [0, 0.1) is 10.1 Å². The molecule has 0 saturated carbocycles. The van der Waals surface area contributed by atoms with Crippen molar-refractivity contribution >= 4 is 57.6 Å². The third kappa shape index (κ3) is 5.61. The van der Waals surface area contributed by atoms with Crippen LogP contribution in [0.3, 0.4) is 0 Å². The summed E-state index contributed by atoms with van der Waals surface area (Å²) in [5.41, 5.74) is 0.859. The van der Waals surface area contributed by atoms with Gasteiger partial charge in [-0.3, -0.25) is 24.6 Å². The summed E-state index contributed by atoms with van der Waals surface area (Å²) in [4.78, 5) is 39.2. The first-order chi connectivity index (χ1) is 16.9. The largest absolute Gasteiger partial charge is 0.493 e. The number of amides is 2. The highest BCUT2D eigenvalue weighted by Crippen LogP contribution is 2.38. The molecule has 2 aromatic rings. The molecule has 0 N–H and O–H groups in total. The highest BCUT2D eigenvalue weighted by Gasteiger charge is 2.34. The molecular weight excluding hydrogens is 494 g/mol. The first-order valence-corrected chi connectivity index (χ1v) is 11.8. The molecule has 0 radical (unpaired) electrons. The Hall–Kier alpha value is -3.48. The van der Waals surface area contributed by atoms with E-state index in [1.54, 1.807) is 35.2 Å². The molecule has 182 valence electrons. The topological polar surface area (TPSA) is 111 Å². The molecule has 0 aliphatic carbocycles. The Morgan fingerprint density at radius 1 is 1.23 bits per heavy atom. The standard InChI is InChI=1S/C23H21N3O7S2/c1-31-19-11-15(5-6-18(19)33-14-21(27)24-7-9-32-10-8-24)12-20-22(28)25(23(34)35-20)16-3-2-4-17(13-16)26(29)30/h2-6,11-13H,7-10,14H2,1H3/b20-12+. The number of thiocarbonyl (C=S) groups is 1. The average molecular weight is 516 g/mol. The second-order valence-electron chi connectivity index (χ2n) is 7.49. The molecule has 0 spiro atoms. The number of benzene rings is 2. The van der Waals surface area contributed by atoms with Gasteiger partial charge in [0.1, 0.15) is 0 Å². The number of ether oxygens (including phenoxy) is 3. The molecule has 10 nitrogen and oxygen atoms in total. The molecule has 0 bridgehead atoms. The molecule has 0 atom stereocenters. The van der Waals surface area contributed by atoms with Crippen molar-refractivity contribution in [1.29, 1.82) is 0 Å². The van der Waals surface area contributed by atoms with Crippen molar-refractivity contribution in [1.82, 2.24) is 4.90 Å². The fourth-order valence-corrected chi connectivity index (χ4v) is 4.82. The monoisotopic (exact) mass is 515 g/mol. The Morgan fingerprint density at radius 3 is 2.71 bits per heavy atom. The summed E-state index contributed by atoms with van der Waals surface area (Å²) in [5, 5.41) is 11.1. The van der Waals surface area contributed by atoms with E-state index in [1.807, 2.05) is 0 Å². The number of nitro groups is 1. The van der Waals surface area contributed by atoms with Crippen molar-refractivity contribution in [2.75, 3.05) is 44.9 Å². The molecule has 2 amide bonds. The number of thioether (sulfide) groups is 1. The Balaban J connectivity index is 1.48. The van der Waals surface area contributed by atoms with Gasteiger partial charge in [0.2, 0.25) is 0 Å². The lowest BCUT2D eigenvalue weighted by Crippen LogP contribution is -2.43. The lowest BCUT2D eigenvalue weighted by atomic mass is 10.1. The van der Waals surface area contributed by atoms with Crippen LogP contribution in [0.5, 0.6) is 11.5 Å². The third-order valence-corrected chi connectivity index (χ3v) is 6.60. The fraction of sp³-hybridized carbons (Fsp3) is 0.261. The maximum absolute atomic E-state index is 13.0. The second-order valence-corrected chi connectivity index (χ2v) is 9.16. The fourth-order valence-electron chi connectivity index (χ4n) is 3.52. The number of nitro benzene ring substituents is 1. The van der Waals surface area contributed by atoms with E-state index in [0.29, 0.717) is 54.0 Å². The van der Waals surface area contributed by atoms with Crippen LogP contribution in [-0.4, -0.2) is 66.0 Å². The van der Waals surface area contributed by atoms with Gasteiger partial charge in [-0.25, -0.2) is 0 Å². The Kier molecular flexibility index (Phi) is 7.63. The molecule has 12 heteroatoms. The minimum absolute atomic E-state index is 0.127. The number of non-ortho nitro benzene ring substituents is 1. The number of rotatable bonds is 7. The van der Waals surface area contributed by atoms with E-state index in [1.165, 1.54) is 30.2 Å². The number of anilines is 1. The minimum atomic E-state index is -0.526. The molecule has 2 aromatic carbocycles. The third-order valence-electron chi connectivity index (χ3n) is 5.29. The highest BCUT2D eigenvalue weighted by atomic mass is 32.2. The van der Waals surface area contributed by atoms with Gasteiger partial charge in [0, 0.05) is 25.2 Å². The summed E-state index contributed by atoms with van der Waals surface area (Å²) < 4.78 is 16.6. The van der Waals surface area contributed by atoms with Gasteiger partial charge in [0.25, 0.3) is 17.5 Å². The lowest BCUT2D eigenvalue weighted by Gasteiger charge is -2.26. The number of hydrogen-bond donors (Lipinski definition) is 0. The minimum Gasteiger partial charge on any atom is -0.493 e. The van der Waals surface area contributed by atoms with Gasteiger partial charge < -0.3 is 19.1 Å². The first kappa shape index (κ1) is 24.6. The number of nitrogens with zero attached hydrogens (tertiary/aromatic N) is 3. The molecule has 0 aromatic heterocycles. The number of carbonyl (C=O) groups excluding carboxylic acids is 2. The SMILES string of the molecule is COc1cc(/C=C2/SC(=S)N(c3cccc([N+](=O)[O-])c3)C2=O)ccc1OCC(=O)N1CCOCC1. The zero-order valence-electron chi connectivity index (χ0n) is 18.7. The van der Waals surface area contributed by atoms with Crippen LogP contribution in [0.4, 0.5) is 11.4 Å². The molecule has 2 fully saturated rings. The molecule has 35 heavy (non-hydrogen) atoms. The van der Waals surface area contributed by atoms with Gasteiger partial charge in [-0.15, -0.1) is 0 Å². The Labute approximate surface area is 210 Å². The summed E-state index contributed by atoms with van der Waals surface area (Å²) >= 11 is 6.45. The van der Waals surface area contributed by atoms with Gasteiger partial charge in [-0.2, -0.15) is 0 Å². The van der Waals surface area contributed by atoms with Crippen molar-refractivity contribution in [3.05, 3.63) is 63.0 Å². The maximum atomic E-state index is 13.0. The van der Waals surface area contributed by atoms with Crippen LogP contribution in [0.1, 0.15) is 5.56 Å². The smallest absolute Gasteiger partial charge is 0.271 e. The summed E-state index contributed by atoms with van der Waals surface area (Å²) in [5.74, 6) is 0.290. The number of carbonyl (C=O) groups is 2. The van der Waals surface area contributed by atoms with Crippen molar-refractivity contribution < 1.29 is 28.7 Å². The van der Waals surface area contributed by atoms with Crippen LogP contribution in [0.2, 0.25) is 0 Å². The van der Waals surface area contributed by atoms with E-state index in [-0.39, 0.29) is 28.4 Å². The normalized spacial score (nSPS) is 17.1. The maximum Gasteiger partial charge on any atom is 0.271 e. The molecule has 2 saturated heterocycles. The molecule has 2 heterocycles. The van der Waals surface area contributed by atoms with Gasteiger partial charge >= 0.3 is 0 Å². The Morgan fingerprint density at radius 2 is 2.00 bits per heavy atom.